The van der Waals surface area contributed by atoms with Crippen LogP contribution < -0.4 is 10.6 Å². The van der Waals surface area contributed by atoms with Crippen LogP contribution in [0.25, 0.3) is 5.65 Å². The summed E-state index contributed by atoms with van der Waals surface area (Å²) in [5.41, 5.74) is 4.60. The topological polar surface area (TPSA) is 63.0 Å². The van der Waals surface area contributed by atoms with Gasteiger partial charge in [-0.2, -0.15) is 0 Å². The van der Waals surface area contributed by atoms with Crippen molar-refractivity contribution in [3.63, 3.8) is 0 Å². The highest BCUT2D eigenvalue weighted by molar-refractivity contribution is 5.79. The van der Waals surface area contributed by atoms with E-state index < -0.39 is 0 Å². The molecule has 164 valence electrons. The molecule has 1 aromatic carbocycles. The quantitative estimate of drug-likeness (QED) is 0.450. The van der Waals surface area contributed by atoms with Crippen molar-refractivity contribution >= 4 is 11.6 Å². The average Bonchev–Trinajstić information content (AvgIpc) is 3.21. The Morgan fingerprint density at radius 1 is 1.19 bits per heavy atom. The molecule has 31 heavy (non-hydrogen) atoms. The number of imidazole rings is 1. The van der Waals surface area contributed by atoms with Crippen LogP contribution in [0.5, 0.6) is 0 Å². The summed E-state index contributed by atoms with van der Waals surface area (Å²) in [6, 6.07) is 14.8. The number of pyridine rings is 1. The normalized spacial score (nSPS) is 19.5. The van der Waals surface area contributed by atoms with Crippen molar-refractivity contribution in [2.45, 2.75) is 39.2 Å². The van der Waals surface area contributed by atoms with E-state index in [1.54, 1.807) is 0 Å². The molecule has 3 heterocycles. The molecule has 2 unspecified atom stereocenters. The lowest BCUT2D eigenvalue weighted by molar-refractivity contribution is -0.0250. The fourth-order valence-corrected chi connectivity index (χ4v) is 4.12. The first-order valence-corrected chi connectivity index (χ1v) is 11.4. The van der Waals surface area contributed by atoms with Gasteiger partial charge in [0.15, 0.2) is 5.96 Å². The fraction of sp³-hybridized carbons (Fsp3) is 0.440. The third kappa shape index (κ3) is 5.64. The molecule has 3 aromatic rings. The third-order valence-corrected chi connectivity index (χ3v) is 5.77. The lowest BCUT2D eigenvalue weighted by Gasteiger charge is -2.31. The van der Waals surface area contributed by atoms with Gasteiger partial charge in [0.1, 0.15) is 5.65 Å². The monoisotopic (exact) mass is 419 g/mol. The Morgan fingerprint density at radius 3 is 2.87 bits per heavy atom. The third-order valence-electron chi connectivity index (χ3n) is 5.77. The van der Waals surface area contributed by atoms with Crippen LogP contribution in [-0.2, 0) is 11.2 Å². The molecule has 1 aliphatic heterocycles. The van der Waals surface area contributed by atoms with Crippen molar-refractivity contribution in [3.05, 3.63) is 71.7 Å². The van der Waals surface area contributed by atoms with Crippen LogP contribution in [0, 0.1) is 12.8 Å². The Hall–Kier alpha value is -2.86. The first-order chi connectivity index (χ1) is 15.2. The van der Waals surface area contributed by atoms with Crippen LogP contribution in [0.2, 0.25) is 0 Å². The van der Waals surface area contributed by atoms with E-state index in [1.165, 1.54) is 11.1 Å². The molecule has 1 fully saturated rings. The largest absolute Gasteiger partial charge is 0.373 e. The number of benzene rings is 1. The minimum absolute atomic E-state index is 0.124. The SMILES string of the molecule is CCNC(=NCC1CCCOC1c1ccc(C)cc1)NCCc1cn2ccccc2n1. The standard InChI is InChI=1S/C25H33N5O/c1-3-26-25(27-14-13-22-18-30-15-5-4-8-23(30)29-22)28-17-21-7-6-16-31-24(21)20-11-9-19(2)10-12-20/h4-5,8-12,15,18,21,24H,3,6-7,13-14,16-17H2,1-2H3,(H2,26,27,28). The lowest BCUT2D eigenvalue weighted by atomic mass is 9.89. The van der Waals surface area contributed by atoms with Gasteiger partial charge < -0.3 is 19.8 Å². The van der Waals surface area contributed by atoms with Gasteiger partial charge in [0, 0.05) is 51.0 Å². The van der Waals surface area contributed by atoms with Crippen molar-refractivity contribution in [3.8, 4) is 0 Å². The number of hydrogen-bond acceptors (Lipinski definition) is 3. The highest BCUT2D eigenvalue weighted by Crippen LogP contribution is 2.33. The van der Waals surface area contributed by atoms with Crippen LogP contribution in [0.15, 0.2) is 59.9 Å². The van der Waals surface area contributed by atoms with E-state index in [1.807, 2.05) is 24.4 Å². The van der Waals surface area contributed by atoms with Crippen LogP contribution in [0.1, 0.15) is 42.7 Å². The number of hydrogen-bond donors (Lipinski definition) is 2. The molecule has 0 bridgehead atoms. The summed E-state index contributed by atoms with van der Waals surface area (Å²) in [5, 5.41) is 6.83. The van der Waals surface area contributed by atoms with E-state index in [2.05, 4.69) is 64.3 Å². The van der Waals surface area contributed by atoms with E-state index in [0.29, 0.717) is 5.92 Å². The molecule has 6 nitrogen and oxygen atoms in total. The second-order valence-electron chi connectivity index (χ2n) is 8.20. The van der Waals surface area contributed by atoms with Gasteiger partial charge >= 0.3 is 0 Å². The Kier molecular flexibility index (Phi) is 7.20. The summed E-state index contributed by atoms with van der Waals surface area (Å²) in [6.45, 7) is 7.42. The number of aliphatic imine (C=N–C) groups is 1. The molecule has 4 rings (SSSR count). The van der Waals surface area contributed by atoms with E-state index in [0.717, 1.165) is 62.8 Å². The molecule has 1 saturated heterocycles. The minimum atomic E-state index is 0.124. The van der Waals surface area contributed by atoms with Gasteiger partial charge in [-0.1, -0.05) is 35.9 Å². The average molecular weight is 420 g/mol. The van der Waals surface area contributed by atoms with Crippen molar-refractivity contribution in [2.75, 3.05) is 26.2 Å². The molecule has 2 atom stereocenters. The van der Waals surface area contributed by atoms with Gasteiger partial charge in [-0.05, 0) is 44.4 Å². The molecule has 0 aliphatic carbocycles. The Balaban J connectivity index is 1.36. The second kappa shape index (κ2) is 10.4. The number of ether oxygens (including phenoxy) is 1. The van der Waals surface area contributed by atoms with Gasteiger partial charge in [0.05, 0.1) is 11.8 Å². The Bertz CT molecular complexity index is 962. The molecule has 2 aromatic heterocycles. The molecule has 6 heteroatoms. The first-order valence-electron chi connectivity index (χ1n) is 11.4. The van der Waals surface area contributed by atoms with E-state index in [9.17, 15) is 0 Å². The first kappa shape index (κ1) is 21.4. The summed E-state index contributed by atoms with van der Waals surface area (Å²) < 4.78 is 8.21. The van der Waals surface area contributed by atoms with Crippen LogP contribution in [0.3, 0.4) is 0 Å². The van der Waals surface area contributed by atoms with Gasteiger partial charge in [-0.25, -0.2) is 4.98 Å². The molecule has 0 radical (unpaired) electrons. The predicted octanol–water partition coefficient (Wildman–Crippen LogP) is 3.91. The molecular weight excluding hydrogens is 386 g/mol. The Labute approximate surface area is 184 Å². The van der Waals surface area contributed by atoms with Crippen LogP contribution >= 0.6 is 0 Å². The lowest BCUT2D eigenvalue weighted by Crippen LogP contribution is -2.39. The zero-order valence-electron chi connectivity index (χ0n) is 18.6. The van der Waals surface area contributed by atoms with Crippen LogP contribution in [-0.4, -0.2) is 41.6 Å². The number of nitrogens with one attached hydrogen (secondary N) is 2. The zero-order valence-corrected chi connectivity index (χ0v) is 18.6. The summed E-state index contributed by atoms with van der Waals surface area (Å²) in [6.07, 6.45) is 7.33. The predicted molar refractivity (Wildman–Crippen MR) is 125 cm³/mol. The number of aryl methyl sites for hydroxylation is 1. The smallest absolute Gasteiger partial charge is 0.191 e. The number of guanidine groups is 1. The van der Waals surface area contributed by atoms with Crippen molar-refractivity contribution in [2.24, 2.45) is 10.9 Å². The summed E-state index contributed by atoms with van der Waals surface area (Å²) in [4.78, 5) is 9.56. The maximum Gasteiger partial charge on any atom is 0.191 e. The van der Waals surface area contributed by atoms with E-state index in [-0.39, 0.29) is 6.10 Å². The van der Waals surface area contributed by atoms with Gasteiger partial charge in [-0.15, -0.1) is 0 Å². The van der Waals surface area contributed by atoms with Gasteiger partial charge in [0.25, 0.3) is 0 Å². The number of aromatic nitrogens is 2. The minimum Gasteiger partial charge on any atom is -0.373 e. The van der Waals surface area contributed by atoms with Crippen LogP contribution in [0.4, 0.5) is 0 Å². The highest BCUT2D eigenvalue weighted by Gasteiger charge is 2.27. The molecular formula is C25H33N5O. The number of nitrogens with zero attached hydrogens (tertiary/aromatic N) is 3. The molecule has 0 saturated carbocycles. The molecule has 0 amide bonds. The van der Waals surface area contributed by atoms with Gasteiger partial charge in [-0.3, -0.25) is 4.99 Å². The van der Waals surface area contributed by atoms with Gasteiger partial charge in [0.2, 0.25) is 0 Å². The highest BCUT2D eigenvalue weighted by atomic mass is 16.5. The summed E-state index contributed by atoms with van der Waals surface area (Å²) in [5.74, 6) is 1.25. The van der Waals surface area contributed by atoms with Crippen molar-refractivity contribution < 1.29 is 4.74 Å². The number of fused-ring (bicyclic) bond motifs is 1. The molecule has 1 aliphatic rings. The van der Waals surface area contributed by atoms with Crippen molar-refractivity contribution in [1.82, 2.24) is 20.0 Å². The molecule has 2 N–H and O–H groups in total. The Morgan fingerprint density at radius 2 is 2.06 bits per heavy atom. The summed E-state index contributed by atoms with van der Waals surface area (Å²) in [7, 11) is 0. The molecule has 0 spiro atoms. The van der Waals surface area contributed by atoms with E-state index in [4.69, 9.17) is 9.73 Å². The second-order valence-corrected chi connectivity index (χ2v) is 8.20. The van der Waals surface area contributed by atoms with Crippen molar-refractivity contribution in [1.29, 1.82) is 0 Å². The fourth-order valence-electron chi connectivity index (χ4n) is 4.12. The summed E-state index contributed by atoms with van der Waals surface area (Å²) >= 11 is 0. The maximum absolute atomic E-state index is 6.16. The van der Waals surface area contributed by atoms with E-state index >= 15 is 0 Å². The zero-order chi connectivity index (χ0) is 21.5. The number of rotatable bonds is 7. The maximum atomic E-state index is 6.16.